The minimum atomic E-state index is 0.182. The van der Waals surface area contributed by atoms with Crippen LogP contribution >= 0.6 is 15.9 Å². The van der Waals surface area contributed by atoms with Crippen LogP contribution in [0, 0.1) is 11.3 Å². The van der Waals surface area contributed by atoms with E-state index in [4.69, 9.17) is 5.26 Å². The van der Waals surface area contributed by atoms with E-state index in [-0.39, 0.29) is 5.78 Å². The van der Waals surface area contributed by atoms with E-state index in [0.29, 0.717) is 18.9 Å². The van der Waals surface area contributed by atoms with Crippen molar-refractivity contribution < 1.29 is 4.79 Å². The maximum absolute atomic E-state index is 12.0. The Bertz CT molecular complexity index is 462. The van der Waals surface area contributed by atoms with Gasteiger partial charge in [0.1, 0.15) is 0 Å². The lowest BCUT2D eigenvalue weighted by Gasteiger charge is -2.25. The fraction of sp³-hybridized carbons (Fsp3) is 0.500. The van der Waals surface area contributed by atoms with Crippen LogP contribution in [0.1, 0.15) is 43.5 Å². The normalized spacial score (nSPS) is 10.8. The van der Waals surface area contributed by atoms with Gasteiger partial charge in [-0.3, -0.25) is 9.69 Å². The van der Waals surface area contributed by atoms with Crippen LogP contribution < -0.4 is 0 Å². The smallest absolute Gasteiger partial charge is 0.162 e. The maximum atomic E-state index is 12.0. The van der Waals surface area contributed by atoms with Crippen molar-refractivity contribution in [3.05, 3.63) is 34.3 Å². The van der Waals surface area contributed by atoms with Gasteiger partial charge in [0.15, 0.2) is 5.78 Å². The van der Waals surface area contributed by atoms with E-state index in [1.807, 2.05) is 24.3 Å². The van der Waals surface area contributed by atoms with E-state index in [0.717, 1.165) is 29.5 Å². The maximum Gasteiger partial charge on any atom is 0.162 e. The van der Waals surface area contributed by atoms with Crippen LogP contribution in [-0.2, 0) is 0 Å². The number of nitrogens with zero attached hydrogens (tertiary/aromatic N) is 2. The highest BCUT2D eigenvalue weighted by Gasteiger charge is 2.11. The SMILES string of the molecule is CC(C)N(CCC#N)CCCC(=O)c1ccc(Br)cc1. The predicted octanol–water partition coefficient (Wildman–Crippen LogP) is 4.04. The zero-order valence-corrected chi connectivity index (χ0v) is 13.7. The summed E-state index contributed by atoms with van der Waals surface area (Å²) in [6, 6.07) is 10.1. The van der Waals surface area contributed by atoms with Crippen molar-refractivity contribution in [2.24, 2.45) is 0 Å². The summed E-state index contributed by atoms with van der Waals surface area (Å²) in [6.07, 6.45) is 1.93. The van der Waals surface area contributed by atoms with Gasteiger partial charge in [-0.05, 0) is 38.9 Å². The van der Waals surface area contributed by atoms with Crippen molar-refractivity contribution in [2.75, 3.05) is 13.1 Å². The molecule has 0 spiro atoms. The van der Waals surface area contributed by atoms with Crippen LogP contribution in [-0.4, -0.2) is 29.8 Å². The van der Waals surface area contributed by atoms with E-state index in [9.17, 15) is 4.79 Å². The molecule has 108 valence electrons. The van der Waals surface area contributed by atoms with E-state index in [2.05, 4.69) is 40.7 Å². The molecular formula is C16H21BrN2O. The number of carbonyl (C=O) groups excluding carboxylic acids is 1. The van der Waals surface area contributed by atoms with Crippen molar-refractivity contribution in [1.82, 2.24) is 4.90 Å². The van der Waals surface area contributed by atoms with Crippen LogP contribution in [0.25, 0.3) is 0 Å². The van der Waals surface area contributed by atoms with E-state index < -0.39 is 0 Å². The molecule has 0 radical (unpaired) electrons. The van der Waals surface area contributed by atoms with Crippen molar-refractivity contribution in [2.45, 2.75) is 39.2 Å². The molecule has 0 atom stereocenters. The zero-order valence-electron chi connectivity index (χ0n) is 12.1. The molecule has 0 amide bonds. The Balaban J connectivity index is 2.40. The van der Waals surface area contributed by atoms with E-state index >= 15 is 0 Å². The summed E-state index contributed by atoms with van der Waals surface area (Å²) in [4.78, 5) is 14.3. The molecule has 0 aliphatic heterocycles. The second kappa shape index (κ2) is 8.89. The number of hydrogen-bond acceptors (Lipinski definition) is 3. The van der Waals surface area contributed by atoms with Crippen molar-refractivity contribution in [1.29, 1.82) is 5.26 Å². The summed E-state index contributed by atoms with van der Waals surface area (Å²) < 4.78 is 0.983. The molecule has 1 rings (SSSR count). The second-order valence-electron chi connectivity index (χ2n) is 5.07. The molecule has 0 aliphatic carbocycles. The molecule has 0 N–H and O–H groups in total. The fourth-order valence-electron chi connectivity index (χ4n) is 2.04. The monoisotopic (exact) mass is 336 g/mol. The quantitative estimate of drug-likeness (QED) is 0.673. The topological polar surface area (TPSA) is 44.1 Å². The first kappa shape index (κ1) is 16.9. The van der Waals surface area contributed by atoms with Gasteiger partial charge in [-0.15, -0.1) is 0 Å². The Morgan fingerprint density at radius 3 is 2.50 bits per heavy atom. The highest BCUT2D eigenvalue weighted by Crippen LogP contribution is 2.13. The second-order valence-corrected chi connectivity index (χ2v) is 5.99. The Morgan fingerprint density at radius 2 is 1.95 bits per heavy atom. The van der Waals surface area contributed by atoms with Gasteiger partial charge in [0.25, 0.3) is 0 Å². The van der Waals surface area contributed by atoms with Gasteiger partial charge < -0.3 is 0 Å². The van der Waals surface area contributed by atoms with E-state index in [1.165, 1.54) is 0 Å². The molecule has 4 heteroatoms. The molecular weight excluding hydrogens is 316 g/mol. The lowest BCUT2D eigenvalue weighted by Crippen LogP contribution is -2.32. The summed E-state index contributed by atoms with van der Waals surface area (Å²) >= 11 is 3.36. The Labute approximate surface area is 129 Å². The van der Waals surface area contributed by atoms with Crippen LogP contribution in [0.2, 0.25) is 0 Å². The first-order valence-electron chi connectivity index (χ1n) is 6.94. The van der Waals surface area contributed by atoms with Crippen LogP contribution in [0.15, 0.2) is 28.7 Å². The number of carbonyl (C=O) groups is 1. The van der Waals surface area contributed by atoms with Crippen LogP contribution in [0.5, 0.6) is 0 Å². The van der Waals surface area contributed by atoms with Crippen molar-refractivity contribution in [3.63, 3.8) is 0 Å². The Morgan fingerprint density at radius 1 is 1.30 bits per heavy atom. The van der Waals surface area contributed by atoms with Gasteiger partial charge >= 0.3 is 0 Å². The predicted molar refractivity (Wildman–Crippen MR) is 84.6 cm³/mol. The molecule has 0 aromatic heterocycles. The summed E-state index contributed by atoms with van der Waals surface area (Å²) in [5, 5.41) is 8.65. The van der Waals surface area contributed by atoms with Gasteiger partial charge in [-0.2, -0.15) is 5.26 Å². The first-order valence-corrected chi connectivity index (χ1v) is 7.73. The summed E-state index contributed by atoms with van der Waals surface area (Å²) in [5.74, 6) is 0.182. The average Bonchev–Trinajstić information content (AvgIpc) is 2.42. The zero-order chi connectivity index (χ0) is 15.0. The molecule has 0 saturated heterocycles. The summed E-state index contributed by atoms with van der Waals surface area (Å²) in [6.45, 7) is 5.88. The number of Topliss-reactive ketones (excluding diaryl/α,β-unsaturated/α-hetero) is 1. The molecule has 0 bridgehead atoms. The third kappa shape index (κ3) is 5.85. The third-order valence-electron chi connectivity index (χ3n) is 3.26. The molecule has 1 aromatic rings. The molecule has 1 aromatic carbocycles. The minimum absolute atomic E-state index is 0.182. The Kier molecular flexibility index (Phi) is 7.50. The summed E-state index contributed by atoms with van der Waals surface area (Å²) in [5.41, 5.74) is 0.765. The molecule has 20 heavy (non-hydrogen) atoms. The van der Waals surface area contributed by atoms with Crippen LogP contribution in [0.4, 0.5) is 0 Å². The number of hydrogen-bond donors (Lipinski definition) is 0. The Hall–Kier alpha value is -1.18. The molecule has 0 heterocycles. The van der Waals surface area contributed by atoms with Gasteiger partial charge in [0, 0.05) is 35.5 Å². The largest absolute Gasteiger partial charge is 0.300 e. The number of benzene rings is 1. The van der Waals surface area contributed by atoms with Crippen molar-refractivity contribution >= 4 is 21.7 Å². The van der Waals surface area contributed by atoms with Gasteiger partial charge in [-0.1, -0.05) is 28.1 Å². The summed E-state index contributed by atoms with van der Waals surface area (Å²) in [7, 11) is 0. The minimum Gasteiger partial charge on any atom is -0.300 e. The van der Waals surface area contributed by atoms with Gasteiger partial charge in [0.2, 0.25) is 0 Å². The first-order chi connectivity index (χ1) is 9.54. The number of nitriles is 1. The van der Waals surface area contributed by atoms with Crippen LogP contribution in [0.3, 0.4) is 0 Å². The van der Waals surface area contributed by atoms with E-state index in [1.54, 1.807) is 0 Å². The third-order valence-corrected chi connectivity index (χ3v) is 3.79. The van der Waals surface area contributed by atoms with Gasteiger partial charge in [0.05, 0.1) is 6.07 Å². The average molecular weight is 337 g/mol. The number of halogens is 1. The molecule has 0 saturated carbocycles. The lowest BCUT2D eigenvalue weighted by atomic mass is 10.1. The number of ketones is 1. The van der Waals surface area contributed by atoms with Crippen molar-refractivity contribution in [3.8, 4) is 6.07 Å². The fourth-order valence-corrected chi connectivity index (χ4v) is 2.31. The number of rotatable bonds is 8. The molecule has 3 nitrogen and oxygen atoms in total. The highest BCUT2D eigenvalue weighted by atomic mass is 79.9. The molecule has 0 unspecified atom stereocenters. The van der Waals surface area contributed by atoms with Gasteiger partial charge in [-0.25, -0.2) is 0 Å². The highest BCUT2D eigenvalue weighted by molar-refractivity contribution is 9.10. The standard InChI is InChI=1S/C16H21BrN2O/c1-13(2)19(12-4-10-18)11-3-5-16(20)14-6-8-15(17)9-7-14/h6-9,13H,3-5,11-12H2,1-2H3. The molecule has 0 fully saturated rings. The molecule has 0 aliphatic rings. The lowest BCUT2D eigenvalue weighted by molar-refractivity contribution is 0.0972.